The van der Waals surface area contributed by atoms with Crippen LogP contribution in [0.25, 0.3) is 0 Å². The van der Waals surface area contributed by atoms with Gasteiger partial charge in [-0.25, -0.2) is 4.90 Å². The maximum atomic E-state index is 12.5. The topological polar surface area (TPSA) is 61.2 Å². The number of hydrogen-bond acceptors (Lipinski definition) is 3. The van der Waals surface area contributed by atoms with Crippen LogP contribution in [0.4, 0.5) is 5.69 Å². The maximum Gasteiger partial charge on any atom is 0.266 e. The molecule has 0 aliphatic carbocycles. The largest absolute Gasteiger partial charge is 0.268 e. The van der Waals surface area contributed by atoms with Gasteiger partial charge in [-0.15, -0.1) is 0 Å². The maximum absolute atomic E-state index is 12.5. The molecule has 2 aromatic rings. The Balaban J connectivity index is 2.15. The summed E-state index contributed by atoms with van der Waals surface area (Å²) in [5.74, 6) is -0.679. The van der Waals surface area contributed by atoms with Crippen LogP contribution in [0.15, 0.2) is 42.5 Å². The number of carbonyl (C=O) groups is 2. The average molecular weight is 262 g/mol. The van der Waals surface area contributed by atoms with Crippen molar-refractivity contribution >= 4 is 17.5 Å². The number of rotatable bonds is 1. The molecule has 1 aliphatic rings. The first-order valence-electron chi connectivity index (χ1n) is 6.12. The van der Waals surface area contributed by atoms with Crippen molar-refractivity contribution in [3.05, 3.63) is 64.7 Å². The molecule has 2 amide bonds. The van der Waals surface area contributed by atoms with E-state index in [0.29, 0.717) is 22.4 Å². The fraction of sp³-hybridized carbons (Fsp3) is 0.0625. The molecule has 20 heavy (non-hydrogen) atoms. The van der Waals surface area contributed by atoms with Crippen LogP contribution >= 0.6 is 0 Å². The second kappa shape index (κ2) is 4.32. The summed E-state index contributed by atoms with van der Waals surface area (Å²) in [6, 6.07) is 13.7. The summed E-state index contributed by atoms with van der Waals surface area (Å²) < 4.78 is 0. The zero-order valence-electron chi connectivity index (χ0n) is 10.8. The van der Waals surface area contributed by atoms with Crippen LogP contribution in [-0.2, 0) is 0 Å². The van der Waals surface area contributed by atoms with Crippen LogP contribution in [0.5, 0.6) is 0 Å². The van der Waals surface area contributed by atoms with Crippen molar-refractivity contribution in [3.63, 3.8) is 0 Å². The molecule has 0 aromatic heterocycles. The van der Waals surface area contributed by atoms with Crippen LogP contribution in [0.3, 0.4) is 0 Å². The monoisotopic (exact) mass is 262 g/mol. The van der Waals surface area contributed by atoms with Gasteiger partial charge in [-0.05, 0) is 36.8 Å². The molecule has 0 saturated heterocycles. The molecule has 1 aliphatic heterocycles. The normalized spacial score (nSPS) is 13.3. The fourth-order valence-corrected chi connectivity index (χ4v) is 2.40. The molecule has 4 nitrogen and oxygen atoms in total. The lowest BCUT2D eigenvalue weighted by Gasteiger charge is -2.13. The van der Waals surface area contributed by atoms with Crippen molar-refractivity contribution in [1.82, 2.24) is 0 Å². The first kappa shape index (κ1) is 12.1. The Morgan fingerprint density at radius 2 is 1.80 bits per heavy atom. The molecule has 0 bridgehead atoms. The number of aryl methyl sites for hydroxylation is 1. The van der Waals surface area contributed by atoms with Crippen molar-refractivity contribution in [3.8, 4) is 6.07 Å². The Morgan fingerprint density at radius 3 is 2.50 bits per heavy atom. The van der Waals surface area contributed by atoms with Gasteiger partial charge in [-0.1, -0.05) is 18.2 Å². The third-order valence-corrected chi connectivity index (χ3v) is 3.36. The Morgan fingerprint density at radius 1 is 1.05 bits per heavy atom. The van der Waals surface area contributed by atoms with Crippen molar-refractivity contribution in [2.75, 3.05) is 4.90 Å². The van der Waals surface area contributed by atoms with Gasteiger partial charge < -0.3 is 0 Å². The molecule has 0 spiro atoms. The second-order valence-corrected chi connectivity index (χ2v) is 4.61. The number of fused-ring (bicyclic) bond motifs is 1. The molecule has 2 aromatic carbocycles. The second-order valence-electron chi connectivity index (χ2n) is 4.61. The van der Waals surface area contributed by atoms with E-state index < -0.39 is 0 Å². The molecule has 0 atom stereocenters. The van der Waals surface area contributed by atoms with E-state index in [2.05, 4.69) is 0 Å². The van der Waals surface area contributed by atoms with Gasteiger partial charge in [-0.3, -0.25) is 9.59 Å². The first-order chi connectivity index (χ1) is 9.63. The van der Waals surface area contributed by atoms with E-state index in [9.17, 15) is 9.59 Å². The van der Waals surface area contributed by atoms with Crippen LogP contribution in [-0.4, -0.2) is 11.8 Å². The Bertz CT molecular complexity index is 787. The van der Waals surface area contributed by atoms with Crippen LogP contribution in [0, 0.1) is 18.3 Å². The van der Waals surface area contributed by atoms with E-state index in [-0.39, 0.29) is 11.8 Å². The zero-order valence-corrected chi connectivity index (χ0v) is 10.8. The predicted molar refractivity (Wildman–Crippen MR) is 73.5 cm³/mol. The Kier molecular flexibility index (Phi) is 2.62. The lowest BCUT2D eigenvalue weighted by atomic mass is 10.0. The van der Waals surface area contributed by atoms with E-state index in [1.165, 1.54) is 6.07 Å². The summed E-state index contributed by atoms with van der Waals surface area (Å²) in [7, 11) is 0. The van der Waals surface area contributed by atoms with Crippen LogP contribution in [0.1, 0.15) is 31.8 Å². The highest BCUT2D eigenvalue weighted by atomic mass is 16.2. The molecule has 1 heterocycles. The van der Waals surface area contributed by atoms with Crippen molar-refractivity contribution in [1.29, 1.82) is 5.26 Å². The van der Waals surface area contributed by atoms with Gasteiger partial charge in [-0.2, -0.15) is 5.26 Å². The summed E-state index contributed by atoms with van der Waals surface area (Å²) >= 11 is 0. The molecule has 0 N–H and O–H groups in total. The molecule has 4 heteroatoms. The Hall–Kier alpha value is -2.93. The van der Waals surface area contributed by atoms with E-state index in [4.69, 9.17) is 5.26 Å². The number of anilines is 1. The lowest BCUT2D eigenvalue weighted by Crippen LogP contribution is -2.29. The van der Waals surface area contributed by atoms with Crippen molar-refractivity contribution in [2.45, 2.75) is 6.92 Å². The van der Waals surface area contributed by atoms with Gasteiger partial charge in [0.25, 0.3) is 11.8 Å². The number of carbonyl (C=O) groups excluding carboxylic acids is 2. The van der Waals surface area contributed by atoms with Crippen molar-refractivity contribution < 1.29 is 9.59 Å². The molecule has 0 saturated carbocycles. The highest BCUT2D eigenvalue weighted by molar-refractivity contribution is 6.34. The minimum atomic E-state index is -0.344. The number of hydrogen-bond donors (Lipinski definition) is 0. The lowest BCUT2D eigenvalue weighted by molar-refractivity contribution is 0.0926. The zero-order chi connectivity index (χ0) is 14.3. The van der Waals surface area contributed by atoms with Gasteiger partial charge in [0.1, 0.15) is 0 Å². The smallest absolute Gasteiger partial charge is 0.266 e. The summed E-state index contributed by atoms with van der Waals surface area (Å²) in [6.45, 7) is 1.80. The van der Waals surface area contributed by atoms with Gasteiger partial charge >= 0.3 is 0 Å². The van der Waals surface area contributed by atoms with E-state index >= 15 is 0 Å². The SMILES string of the molecule is Cc1cccc2c1C(=O)N(c1cccc(C#N)c1)C2=O. The molecule has 0 unspecified atom stereocenters. The van der Waals surface area contributed by atoms with Crippen LogP contribution in [0.2, 0.25) is 0 Å². The van der Waals surface area contributed by atoms with Gasteiger partial charge in [0.15, 0.2) is 0 Å². The third-order valence-electron chi connectivity index (χ3n) is 3.36. The van der Waals surface area contributed by atoms with Gasteiger partial charge in [0, 0.05) is 0 Å². The minimum Gasteiger partial charge on any atom is -0.268 e. The first-order valence-corrected chi connectivity index (χ1v) is 6.12. The highest BCUT2D eigenvalue weighted by Crippen LogP contribution is 2.30. The van der Waals surface area contributed by atoms with E-state index in [1.807, 2.05) is 6.07 Å². The highest BCUT2D eigenvalue weighted by Gasteiger charge is 2.37. The molecule has 0 fully saturated rings. The minimum absolute atomic E-state index is 0.335. The molecule has 96 valence electrons. The molecular formula is C16H10N2O2. The van der Waals surface area contributed by atoms with E-state index in [0.717, 1.165) is 10.5 Å². The number of benzene rings is 2. The summed E-state index contributed by atoms with van der Waals surface area (Å²) in [5.41, 5.74) is 2.47. The van der Waals surface area contributed by atoms with Crippen molar-refractivity contribution in [2.24, 2.45) is 0 Å². The predicted octanol–water partition coefficient (Wildman–Crippen LogP) is 2.67. The number of nitrogens with zero attached hydrogens (tertiary/aromatic N) is 2. The third kappa shape index (κ3) is 1.61. The van der Waals surface area contributed by atoms with E-state index in [1.54, 1.807) is 43.3 Å². The molecule has 0 radical (unpaired) electrons. The molecule has 3 rings (SSSR count). The summed E-state index contributed by atoms with van der Waals surface area (Å²) in [6.07, 6.45) is 0. The standard InChI is InChI=1S/C16H10N2O2/c1-10-4-2-7-13-14(10)16(20)18(15(13)19)12-6-3-5-11(8-12)9-17/h2-8H,1H3. The summed E-state index contributed by atoms with van der Waals surface area (Å²) in [5, 5.41) is 8.92. The fourth-order valence-electron chi connectivity index (χ4n) is 2.40. The molecular weight excluding hydrogens is 252 g/mol. The Labute approximate surface area is 115 Å². The van der Waals surface area contributed by atoms with Crippen LogP contribution < -0.4 is 4.90 Å². The summed E-state index contributed by atoms with van der Waals surface area (Å²) in [4.78, 5) is 26.0. The number of imide groups is 1. The van der Waals surface area contributed by atoms with Gasteiger partial charge in [0.05, 0.1) is 28.4 Å². The van der Waals surface area contributed by atoms with Gasteiger partial charge in [0.2, 0.25) is 0 Å². The quantitative estimate of drug-likeness (QED) is 0.742. The number of amides is 2. The average Bonchev–Trinajstić information content (AvgIpc) is 2.72. The number of nitriles is 1.